The monoisotopic (exact) mass is 382 g/mol. The number of oxime groups is 1. The third kappa shape index (κ3) is 5.68. The second-order valence-electron chi connectivity index (χ2n) is 7.22. The minimum atomic E-state index is 0.579. The van der Waals surface area contributed by atoms with Crippen LogP contribution < -0.4 is 9.64 Å². The van der Waals surface area contributed by atoms with Gasteiger partial charge in [-0.15, -0.1) is 5.10 Å². The molecule has 1 aromatic heterocycles. The van der Waals surface area contributed by atoms with Crippen LogP contribution in [0.2, 0.25) is 0 Å². The zero-order valence-electron chi connectivity index (χ0n) is 17.1. The first-order valence-corrected chi connectivity index (χ1v) is 10.1. The molecule has 0 N–H and O–H groups in total. The summed E-state index contributed by atoms with van der Waals surface area (Å²) < 4.78 is 5.94. The molecule has 1 saturated heterocycles. The van der Waals surface area contributed by atoms with Gasteiger partial charge in [0.1, 0.15) is 12.4 Å². The lowest BCUT2D eigenvalue weighted by atomic mass is 9.94. The number of aryl methyl sites for hydroxylation is 1. The number of rotatable bonds is 8. The van der Waals surface area contributed by atoms with E-state index in [1.54, 1.807) is 0 Å². The average molecular weight is 383 g/mol. The number of benzene rings is 1. The molecule has 0 radical (unpaired) electrons. The molecule has 1 aliphatic heterocycles. The van der Waals surface area contributed by atoms with Gasteiger partial charge >= 0.3 is 0 Å². The highest BCUT2D eigenvalue weighted by Crippen LogP contribution is 2.24. The molecule has 0 amide bonds. The fraction of sp³-hybridized carbons (Fsp3) is 0.500. The van der Waals surface area contributed by atoms with Crippen LogP contribution in [0.3, 0.4) is 0 Å². The minimum Gasteiger partial charge on any atom is -0.494 e. The molecule has 150 valence electrons. The van der Waals surface area contributed by atoms with Gasteiger partial charge in [0.25, 0.3) is 0 Å². The Morgan fingerprint density at radius 3 is 2.50 bits per heavy atom. The van der Waals surface area contributed by atoms with Crippen molar-refractivity contribution in [2.75, 3.05) is 31.2 Å². The smallest absolute Gasteiger partial charge is 0.151 e. The van der Waals surface area contributed by atoms with Crippen LogP contribution >= 0.6 is 0 Å². The summed E-state index contributed by atoms with van der Waals surface area (Å²) in [6, 6.07) is 12.1. The van der Waals surface area contributed by atoms with Crippen LogP contribution in [0, 0.1) is 12.8 Å². The molecular formula is C22H30N4O2. The number of nitrogens with zero attached hydrogens (tertiary/aromatic N) is 4. The van der Waals surface area contributed by atoms with E-state index in [1.165, 1.54) is 12.8 Å². The van der Waals surface area contributed by atoms with E-state index in [0.717, 1.165) is 54.7 Å². The lowest BCUT2D eigenvalue weighted by molar-refractivity contribution is 0.159. The van der Waals surface area contributed by atoms with Crippen LogP contribution in [0.5, 0.6) is 5.75 Å². The molecule has 1 fully saturated rings. The van der Waals surface area contributed by atoms with Crippen LogP contribution in [-0.2, 0) is 4.84 Å². The van der Waals surface area contributed by atoms with E-state index in [-0.39, 0.29) is 0 Å². The minimum absolute atomic E-state index is 0.579. The summed E-state index contributed by atoms with van der Waals surface area (Å²) in [6.45, 7) is 9.24. The Kier molecular flexibility index (Phi) is 7.23. The Morgan fingerprint density at radius 2 is 1.86 bits per heavy atom. The molecule has 0 unspecified atom stereocenters. The van der Waals surface area contributed by atoms with E-state index < -0.39 is 0 Å². The normalized spacial score (nSPS) is 15.5. The molecule has 1 aliphatic rings. The van der Waals surface area contributed by atoms with Crippen LogP contribution in [0.4, 0.5) is 5.82 Å². The standard InChI is InChI=1S/C22H30N4O2/c1-4-28-25-18(3)20-6-8-21(9-7-20)27-16-13-19-11-14-26(15-12-19)22-10-5-17(2)23-24-22/h5-10,19H,4,11-16H2,1-3H3/b25-18-. The van der Waals surface area contributed by atoms with E-state index in [2.05, 4.69) is 26.3 Å². The molecule has 6 nitrogen and oxygen atoms in total. The van der Waals surface area contributed by atoms with Crippen molar-refractivity contribution >= 4 is 11.5 Å². The maximum atomic E-state index is 5.94. The van der Waals surface area contributed by atoms with Crippen LogP contribution in [0.1, 0.15) is 44.4 Å². The van der Waals surface area contributed by atoms with Crippen LogP contribution in [-0.4, -0.2) is 42.2 Å². The van der Waals surface area contributed by atoms with Crippen molar-refractivity contribution in [1.82, 2.24) is 10.2 Å². The molecule has 2 aromatic rings. The van der Waals surface area contributed by atoms with E-state index in [1.807, 2.05) is 51.1 Å². The number of hydrogen-bond donors (Lipinski definition) is 0. The van der Waals surface area contributed by atoms with Crippen molar-refractivity contribution in [3.05, 3.63) is 47.7 Å². The Hall–Kier alpha value is -2.63. The molecule has 0 spiro atoms. The fourth-order valence-corrected chi connectivity index (χ4v) is 3.36. The highest BCUT2D eigenvalue weighted by atomic mass is 16.6. The summed E-state index contributed by atoms with van der Waals surface area (Å²) in [6.07, 6.45) is 3.43. The molecule has 0 atom stereocenters. The molecule has 0 bridgehead atoms. The number of piperidine rings is 1. The van der Waals surface area contributed by atoms with Crippen molar-refractivity contribution in [3.63, 3.8) is 0 Å². The van der Waals surface area contributed by atoms with Crippen molar-refractivity contribution in [3.8, 4) is 5.75 Å². The molecule has 1 aromatic carbocycles. The van der Waals surface area contributed by atoms with Gasteiger partial charge < -0.3 is 14.5 Å². The van der Waals surface area contributed by atoms with Gasteiger partial charge in [0, 0.05) is 13.1 Å². The van der Waals surface area contributed by atoms with Crippen molar-refractivity contribution in [1.29, 1.82) is 0 Å². The summed E-state index contributed by atoms with van der Waals surface area (Å²) in [5, 5.41) is 12.5. The number of aromatic nitrogens is 2. The van der Waals surface area contributed by atoms with Crippen LogP contribution in [0.15, 0.2) is 41.6 Å². The summed E-state index contributed by atoms with van der Waals surface area (Å²) in [7, 11) is 0. The first-order chi connectivity index (χ1) is 13.7. The fourth-order valence-electron chi connectivity index (χ4n) is 3.36. The van der Waals surface area contributed by atoms with Gasteiger partial charge in [-0.1, -0.05) is 5.16 Å². The van der Waals surface area contributed by atoms with Gasteiger partial charge in [-0.05, 0) is 87.9 Å². The maximum absolute atomic E-state index is 5.94. The van der Waals surface area contributed by atoms with E-state index >= 15 is 0 Å². The third-order valence-electron chi connectivity index (χ3n) is 5.12. The molecular weight excluding hydrogens is 352 g/mol. The first-order valence-electron chi connectivity index (χ1n) is 10.1. The molecule has 0 aliphatic carbocycles. The number of hydrogen-bond acceptors (Lipinski definition) is 6. The van der Waals surface area contributed by atoms with Gasteiger partial charge in [-0.3, -0.25) is 0 Å². The highest BCUT2D eigenvalue weighted by Gasteiger charge is 2.20. The van der Waals surface area contributed by atoms with E-state index in [9.17, 15) is 0 Å². The zero-order valence-corrected chi connectivity index (χ0v) is 17.1. The van der Waals surface area contributed by atoms with Gasteiger partial charge in [-0.25, -0.2) is 0 Å². The Balaban J connectivity index is 1.39. The van der Waals surface area contributed by atoms with E-state index in [0.29, 0.717) is 12.5 Å². The predicted molar refractivity (Wildman–Crippen MR) is 112 cm³/mol. The summed E-state index contributed by atoms with van der Waals surface area (Å²) in [4.78, 5) is 7.43. The van der Waals surface area contributed by atoms with Crippen molar-refractivity contribution < 1.29 is 9.57 Å². The molecule has 2 heterocycles. The zero-order chi connectivity index (χ0) is 19.8. The van der Waals surface area contributed by atoms with Crippen LogP contribution in [0.25, 0.3) is 0 Å². The highest BCUT2D eigenvalue weighted by molar-refractivity contribution is 5.98. The SMILES string of the molecule is CCO/N=C(/C)c1ccc(OCCC2CCN(c3ccc(C)nn3)CC2)cc1. The molecule has 28 heavy (non-hydrogen) atoms. The third-order valence-corrected chi connectivity index (χ3v) is 5.12. The second kappa shape index (κ2) is 10.1. The topological polar surface area (TPSA) is 59.8 Å². The average Bonchev–Trinajstić information content (AvgIpc) is 2.73. The lowest BCUT2D eigenvalue weighted by Crippen LogP contribution is -2.34. The summed E-state index contributed by atoms with van der Waals surface area (Å²) in [5.41, 5.74) is 2.88. The number of anilines is 1. The van der Waals surface area contributed by atoms with Crippen molar-refractivity contribution in [2.45, 2.75) is 40.0 Å². The lowest BCUT2D eigenvalue weighted by Gasteiger charge is -2.32. The number of ether oxygens (including phenoxy) is 1. The Bertz CT molecular complexity index is 751. The van der Waals surface area contributed by atoms with Gasteiger partial charge in [-0.2, -0.15) is 5.10 Å². The van der Waals surface area contributed by atoms with Gasteiger partial charge in [0.05, 0.1) is 18.0 Å². The second-order valence-corrected chi connectivity index (χ2v) is 7.22. The summed E-state index contributed by atoms with van der Waals surface area (Å²) in [5.74, 6) is 2.60. The molecule has 6 heteroatoms. The molecule has 3 rings (SSSR count). The van der Waals surface area contributed by atoms with Gasteiger partial charge in [0.15, 0.2) is 5.82 Å². The molecule has 0 saturated carbocycles. The maximum Gasteiger partial charge on any atom is 0.151 e. The summed E-state index contributed by atoms with van der Waals surface area (Å²) >= 11 is 0. The predicted octanol–water partition coefficient (Wildman–Crippen LogP) is 4.23. The quantitative estimate of drug-likeness (QED) is 0.505. The Labute approximate surface area is 167 Å². The van der Waals surface area contributed by atoms with Crippen molar-refractivity contribution in [2.24, 2.45) is 11.1 Å². The largest absolute Gasteiger partial charge is 0.494 e. The van der Waals surface area contributed by atoms with Gasteiger partial charge in [0.2, 0.25) is 0 Å². The Morgan fingerprint density at radius 1 is 1.11 bits per heavy atom. The first kappa shape index (κ1) is 20.1. The van der Waals surface area contributed by atoms with E-state index in [4.69, 9.17) is 9.57 Å².